The Morgan fingerprint density at radius 1 is 1.11 bits per heavy atom. The van der Waals surface area contributed by atoms with Gasteiger partial charge in [0.25, 0.3) is 5.56 Å². The van der Waals surface area contributed by atoms with Crippen molar-refractivity contribution in [2.75, 3.05) is 20.3 Å². The van der Waals surface area contributed by atoms with Crippen molar-refractivity contribution in [1.82, 2.24) is 4.57 Å². The highest BCUT2D eigenvalue weighted by Gasteiger charge is 2.34. The van der Waals surface area contributed by atoms with Gasteiger partial charge in [0.2, 0.25) is 0 Å². The van der Waals surface area contributed by atoms with E-state index in [1.54, 1.807) is 55.5 Å². The summed E-state index contributed by atoms with van der Waals surface area (Å²) >= 11 is 13.8. The van der Waals surface area contributed by atoms with Gasteiger partial charge in [-0.2, -0.15) is 0 Å². The van der Waals surface area contributed by atoms with E-state index in [1.165, 1.54) is 23.0 Å². The van der Waals surface area contributed by atoms with Gasteiger partial charge in [-0.15, -0.1) is 0 Å². The standard InChI is InChI=1S/C28H22Cl2N2O5S/c1-16-24(27(34)36-14-13-35-2)25(20-5-3-4-6-21(20)30)32-26(33)23(38-28(32)31-16)15-19-11-12-22(37-19)17-7-9-18(29)10-8-17/h3-12,15,25H,13-14H2,1-2H3/b23-15-. The summed E-state index contributed by atoms with van der Waals surface area (Å²) in [6.07, 6.45) is 1.67. The fourth-order valence-electron chi connectivity index (χ4n) is 4.20. The molecule has 1 atom stereocenters. The molecule has 5 rings (SSSR count). The lowest BCUT2D eigenvalue weighted by molar-refractivity contribution is -0.140. The number of hydrogen-bond donors (Lipinski definition) is 0. The largest absolute Gasteiger partial charge is 0.460 e. The van der Waals surface area contributed by atoms with Gasteiger partial charge in [0.15, 0.2) is 4.80 Å². The molecule has 2 aromatic carbocycles. The Morgan fingerprint density at radius 3 is 2.61 bits per heavy atom. The lowest BCUT2D eigenvalue weighted by Crippen LogP contribution is -2.40. The monoisotopic (exact) mass is 568 g/mol. The first kappa shape index (κ1) is 26.2. The maximum absolute atomic E-state index is 13.8. The Balaban J connectivity index is 1.61. The number of methoxy groups -OCH3 is 1. The van der Waals surface area contributed by atoms with Gasteiger partial charge in [0.1, 0.15) is 24.2 Å². The van der Waals surface area contributed by atoms with Crippen LogP contribution in [-0.4, -0.2) is 30.9 Å². The number of halogens is 2. The van der Waals surface area contributed by atoms with E-state index in [1.807, 2.05) is 18.2 Å². The molecule has 0 saturated carbocycles. The molecule has 1 unspecified atom stereocenters. The molecule has 1 aliphatic rings. The van der Waals surface area contributed by atoms with Crippen LogP contribution in [0.4, 0.5) is 0 Å². The second kappa shape index (κ2) is 11.1. The van der Waals surface area contributed by atoms with Gasteiger partial charge in [-0.05, 0) is 55.0 Å². The molecular weight excluding hydrogens is 547 g/mol. The first-order valence-electron chi connectivity index (χ1n) is 11.7. The molecule has 10 heteroatoms. The number of thiazole rings is 1. The van der Waals surface area contributed by atoms with Crippen LogP contribution in [0.1, 0.15) is 24.3 Å². The van der Waals surface area contributed by atoms with E-state index in [2.05, 4.69) is 4.99 Å². The third kappa shape index (κ3) is 5.13. The number of benzene rings is 2. The highest BCUT2D eigenvalue weighted by atomic mass is 35.5. The number of allylic oxidation sites excluding steroid dienone is 1. The van der Waals surface area contributed by atoms with Crippen molar-refractivity contribution < 1.29 is 18.7 Å². The van der Waals surface area contributed by atoms with Crippen molar-refractivity contribution in [2.24, 2.45) is 4.99 Å². The molecule has 0 N–H and O–H groups in total. The highest BCUT2D eigenvalue weighted by Crippen LogP contribution is 2.34. The maximum atomic E-state index is 13.8. The van der Waals surface area contributed by atoms with Crippen LogP contribution in [0.25, 0.3) is 17.4 Å². The second-order valence-electron chi connectivity index (χ2n) is 8.44. The highest BCUT2D eigenvalue weighted by molar-refractivity contribution is 7.07. The van der Waals surface area contributed by atoms with Gasteiger partial charge in [0, 0.05) is 28.8 Å². The minimum atomic E-state index is -0.807. The molecule has 0 radical (unpaired) electrons. The van der Waals surface area contributed by atoms with Crippen molar-refractivity contribution in [3.05, 3.63) is 113 Å². The predicted molar refractivity (Wildman–Crippen MR) is 147 cm³/mol. The molecule has 38 heavy (non-hydrogen) atoms. The molecule has 0 spiro atoms. The van der Waals surface area contributed by atoms with E-state index in [0.29, 0.717) is 42.2 Å². The normalized spacial score (nSPS) is 15.4. The van der Waals surface area contributed by atoms with Crippen LogP contribution >= 0.6 is 34.5 Å². The van der Waals surface area contributed by atoms with E-state index >= 15 is 0 Å². The minimum Gasteiger partial charge on any atom is -0.460 e. The first-order chi connectivity index (χ1) is 18.4. The zero-order chi connectivity index (χ0) is 26.8. The molecule has 0 amide bonds. The predicted octanol–water partition coefficient (Wildman–Crippen LogP) is 4.99. The molecule has 0 aliphatic carbocycles. The SMILES string of the molecule is COCCOC(=O)C1=C(C)N=c2s/c(=C\c3ccc(-c4ccc(Cl)cc4)o3)c(=O)n2C1c1ccccc1Cl. The van der Waals surface area contributed by atoms with Crippen molar-refractivity contribution in [2.45, 2.75) is 13.0 Å². The molecular formula is C28H22Cl2N2O5S. The van der Waals surface area contributed by atoms with Crippen LogP contribution in [0.3, 0.4) is 0 Å². The van der Waals surface area contributed by atoms with Gasteiger partial charge >= 0.3 is 5.97 Å². The van der Waals surface area contributed by atoms with Gasteiger partial charge in [0.05, 0.1) is 22.4 Å². The summed E-state index contributed by atoms with van der Waals surface area (Å²) in [6.45, 7) is 2.04. The number of rotatable bonds is 7. The van der Waals surface area contributed by atoms with Crippen LogP contribution in [0.5, 0.6) is 0 Å². The molecule has 2 aromatic heterocycles. The Morgan fingerprint density at radius 2 is 1.87 bits per heavy atom. The lowest BCUT2D eigenvalue weighted by atomic mass is 9.96. The van der Waals surface area contributed by atoms with E-state index in [4.69, 9.17) is 37.1 Å². The Hall–Kier alpha value is -3.43. The number of carbonyl (C=O) groups excluding carboxylic acids is 1. The van der Waals surface area contributed by atoms with Gasteiger partial charge in [-0.25, -0.2) is 9.79 Å². The smallest absolute Gasteiger partial charge is 0.338 e. The Bertz CT molecular complexity index is 1720. The number of fused-ring (bicyclic) bond motifs is 1. The van der Waals surface area contributed by atoms with E-state index in [9.17, 15) is 9.59 Å². The number of esters is 1. The Labute approximate surface area is 231 Å². The Kier molecular flexibility index (Phi) is 7.67. The summed E-state index contributed by atoms with van der Waals surface area (Å²) in [5.41, 5.74) is 1.83. The second-order valence-corrected chi connectivity index (χ2v) is 10.3. The number of hydrogen-bond acceptors (Lipinski definition) is 7. The van der Waals surface area contributed by atoms with Gasteiger partial charge < -0.3 is 13.9 Å². The zero-order valence-corrected chi connectivity index (χ0v) is 22.8. The summed E-state index contributed by atoms with van der Waals surface area (Å²) in [6, 6.07) is 17.2. The van der Waals surface area contributed by atoms with Crippen LogP contribution in [0.2, 0.25) is 10.0 Å². The number of nitrogens with zero attached hydrogens (tertiary/aromatic N) is 2. The lowest BCUT2D eigenvalue weighted by Gasteiger charge is -2.25. The topological polar surface area (TPSA) is 83.0 Å². The van der Waals surface area contributed by atoms with Crippen LogP contribution < -0.4 is 14.9 Å². The van der Waals surface area contributed by atoms with Crippen molar-refractivity contribution in [3.63, 3.8) is 0 Å². The van der Waals surface area contributed by atoms with Crippen LogP contribution in [0, 0.1) is 0 Å². The average Bonchev–Trinajstić information content (AvgIpc) is 3.48. The summed E-state index contributed by atoms with van der Waals surface area (Å²) < 4.78 is 18.3. The van der Waals surface area contributed by atoms with Crippen LogP contribution in [0.15, 0.2) is 86.1 Å². The fraction of sp³-hybridized carbons (Fsp3) is 0.179. The van der Waals surface area contributed by atoms with Gasteiger partial charge in [-0.1, -0.05) is 52.7 Å². The van der Waals surface area contributed by atoms with Gasteiger partial charge in [-0.3, -0.25) is 9.36 Å². The van der Waals surface area contributed by atoms with E-state index in [-0.39, 0.29) is 24.3 Å². The third-order valence-electron chi connectivity index (χ3n) is 5.99. The molecule has 194 valence electrons. The number of carbonyl (C=O) groups is 1. The molecule has 4 aromatic rings. The minimum absolute atomic E-state index is 0.0697. The summed E-state index contributed by atoms with van der Waals surface area (Å²) in [5, 5.41) is 1.05. The van der Waals surface area contributed by atoms with Crippen molar-refractivity contribution in [1.29, 1.82) is 0 Å². The number of aromatic nitrogens is 1. The third-order valence-corrected chi connectivity index (χ3v) is 7.57. The fourth-order valence-corrected chi connectivity index (χ4v) is 5.59. The average molecular weight is 569 g/mol. The summed E-state index contributed by atoms with van der Waals surface area (Å²) in [4.78, 5) is 32.0. The van der Waals surface area contributed by atoms with Crippen LogP contribution in [-0.2, 0) is 14.3 Å². The molecule has 0 bridgehead atoms. The molecule has 0 saturated heterocycles. The summed E-state index contributed by atoms with van der Waals surface area (Å²) in [7, 11) is 1.52. The molecule has 7 nitrogen and oxygen atoms in total. The van der Waals surface area contributed by atoms with E-state index < -0.39 is 12.0 Å². The summed E-state index contributed by atoms with van der Waals surface area (Å²) in [5.74, 6) is 0.567. The molecule has 1 aliphatic heterocycles. The molecule has 3 heterocycles. The number of furan rings is 1. The quantitative estimate of drug-likeness (QED) is 0.231. The van der Waals surface area contributed by atoms with E-state index in [0.717, 1.165) is 5.56 Å². The number of ether oxygens (including phenoxy) is 2. The molecule has 0 fully saturated rings. The zero-order valence-electron chi connectivity index (χ0n) is 20.4. The van der Waals surface area contributed by atoms with Crippen molar-refractivity contribution in [3.8, 4) is 11.3 Å². The first-order valence-corrected chi connectivity index (χ1v) is 13.2. The maximum Gasteiger partial charge on any atom is 0.338 e. The van der Waals surface area contributed by atoms with Crippen molar-refractivity contribution >= 4 is 46.6 Å².